The third-order valence-corrected chi connectivity index (χ3v) is 2.91. The summed E-state index contributed by atoms with van der Waals surface area (Å²) < 4.78 is 0. The number of hydrogen-bond donors (Lipinski definition) is 2. The molecule has 2 aromatic rings. The summed E-state index contributed by atoms with van der Waals surface area (Å²) in [6, 6.07) is 16.2. The van der Waals surface area contributed by atoms with E-state index in [4.69, 9.17) is 5.26 Å². The van der Waals surface area contributed by atoms with Crippen molar-refractivity contribution in [3.8, 4) is 6.07 Å². The van der Waals surface area contributed by atoms with Crippen LogP contribution in [0.25, 0.3) is 0 Å². The normalized spacial score (nSPS) is 9.80. The first-order valence-corrected chi connectivity index (χ1v) is 6.28. The Hall–Kier alpha value is -2.64. The van der Waals surface area contributed by atoms with Gasteiger partial charge in [0.05, 0.1) is 11.6 Å². The van der Waals surface area contributed by atoms with Crippen LogP contribution in [-0.4, -0.2) is 13.0 Å². The fourth-order valence-electron chi connectivity index (χ4n) is 1.88. The number of amides is 1. The molecule has 0 spiro atoms. The lowest BCUT2D eigenvalue weighted by molar-refractivity contribution is 0.102. The molecule has 0 atom stereocenters. The molecule has 4 nitrogen and oxygen atoms in total. The molecule has 0 bridgehead atoms. The molecule has 0 radical (unpaired) electrons. The molecule has 2 N–H and O–H groups in total. The van der Waals surface area contributed by atoms with Gasteiger partial charge in [0.25, 0.3) is 5.91 Å². The molecule has 2 aromatic carbocycles. The first-order chi connectivity index (χ1) is 9.74. The van der Waals surface area contributed by atoms with Gasteiger partial charge in [0, 0.05) is 17.8 Å². The Bertz CT molecular complexity index is 642. The number of hydrogen-bond acceptors (Lipinski definition) is 3. The van der Waals surface area contributed by atoms with Gasteiger partial charge in [-0.15, -0.1) is 0 Å². The fourth-order valence-corrected chi connectivity index (χ4v) is 1.88. The van der Waals surface area contributed by atoms with Crippen LogP contribution in [-0.2, 0) is 6.54 Å². The Kier molecular flexibility index (Phi) is 4.48. The lowest BCUT2D eigenvalue weighted by Crippen LogP contribution is -2.15. The first kappa shape index (κ1) is 13.8. The van der Waals surface area contributed by atoms with E-state index in [9.17, 15) is 4.79 Å². The molecule has 0 heterocycles. The van der Waals surface area contributed by atoms with Gasteiger partial charge in [0.2, 0.25) is 0 Å². The quantitative estimate of drug-likeness (QED) is 0.892. The second-order valence-electron chi connectivity index (χ2n) is 4.33. The van der Waals surface area contributed by atoms with E-state index < -0.39 is 0 Å². The minimum atomic E-state index is -0.182. The van der Waals surface area contributed by atoms with Crippen LogP contribution in [0.15, 0.2) is 48.5 Å². The smallest absolute Gasteiger partial charge is 0.255 e. The van der Waals surface area contributed by atoms with Gasteiger partial charge in [-0.1, -0.05) is 18.2 Å². The molecule has 0 aliphatic heterocycles. The second-order valence-corrected chi connectivity index (χ2v) is 4.33. The third-order valence-electron chi connectivity index (χ3n) is 2.91. The average Bonchev–Trinajstić information content (AvgIpc) is 2.49. The summed E-state index contributed by atoms with van der Waals surface area (Å²) in [5.74, 6) is -0.182. The maximum Gasteiger partial charge on any atom is 0.255 e. The summed E-state index contributed by atoms with van der Waals surface area (Å²) in [4.78, 5) is 12.2. The van der Waals surface area contributed by atoms with E-state index in [1.54, 1.807) is 24.3 Å². The van der Waals surface area contributed by atoms with Crippen molar-refractivity contribution < 1.29 is 4.79 Å². The van der Waals surface area contributed by atoms with E-state index in [2.05, 4.69) is 10.6 Å². The van der Waals surface area contributed by atoms with Gasteiger partial charge in [-0.3, -0.25) is 4.79 Å². The molecule has 2 rings (SSSR count). The van der Waals surface area contributed by atoms with Crippen molar-refractivity contribution in [2.75, 3.05) is 12.4 Å². The van der Waals surface area contributed by atoms with Crippen molar-refractivity contribution in [1.29, 1.82) is 5.26 Å². The van der Waals surface area contributed by atoms with Gasteiger partial charge < -0.3 is 10.6 Å². The molecule has 1 amide bonds. The summed E-state index contributed by atoms with van der Waals surface area (Å²) in [7, 11) is 1.86. The Morgan fingerprint density at radius 3 is 2.50 bits per heavy atom. The zero-order chi connectivity index (χ0) is 14.4. The van der Waals surface area contributed by atoms with Gasteiger partial charge in [0.15, 0.2) is 0 Å². The molecular formula is C16H15N3O. The maximum atomic E-state index is 12.2. The monoisotopic (exact) mass is 265 g/mol. The second kappa shape index (κ2) is 6.50. The summed E-state index contributed by atoms with van der Waals surface area (Å²) >= 11 is 0. The average molecular weight is 265 g/mol. The summed E-state index contributed by atoms with van der Waals surface area (Å²) in [6.45, 7) is 0.684. The zero-order valence-corrected chi connectivity index (χ0v) is 11.2. The van der Waals surface area contributed by atoms with Crippen molar-refractivity contribution >= 4 is 11.6 Å². The number of carbonyl (C=O) groups is 1. The molecule has 0 aromatic heterocycles. The van der Waals surface area contributed by atoms with Crippen molar-refractivity contribution in [2.45, 2.75) is 6.54 Å². The standard InChI is InChI=1S/C16H15N3O/c1-18-11-14-4-2-3-5-15(14)19-16(20)13-8-6-12(10-17)7-9-13/h2-9,18H,11H2,1H3,(H,19,20). The van der Waals surface area contributed by atoms with Crippen LogP contribution in [0.3, 0.4) is 0 Å². The SMILES string of the molecule is CNCc1ccccc1NC(=O)c1ccc(C#N)cc1. The Balaban J connectivity index is 2.17. The summed E-state index contributed by atoms with van der Waals surface area (Å²) in [6.07, 6.45) is 0. The third kappa shape index (κ3) is 3.22. The summed E-state index contributed by atoms with van der Waals surface area (Å²) in [5, 5.41) is 14.7. The number of nitriles is 1. The highest BCUT2D eigenvalue weighted by Gasteiger charge is 2.08. The topological polar surface area (TPSA) is 64.9 Å². The molecular weight excluding hydrogens is 250 g/mol. The first-order valence-electron chi connectivity index (χ1n) is 6.28. The number of carbonyl (C=O) groups excluding carboxylic acids is 1. The van der Waals surface area contributed by atoms with Crippen LogP contribution in [0, 0.1) is 11.3 Å². The van der Waals surface area contributed by atoms with E-state index in [1.165, 1.54) is 0 Å². The fraction of sp³-hybridized carbons (Fsp3) is 0.125. The number of anilines is 1. The van der Waals surface area contributed by atoms with E-state index in [-0.39, 0.29) is 5.91 Å². The van der Waals surface area contributed by atoms with Crippen LogP contribution in [0.4, 0.5) is 5.69 Å². The maximum absolute atomic E-state index is 12.2. The number of nitrogens with zero attached hydrogens (tertiary/aromatic N) is 1. The van der Waals surface area contributed by atoms with Gasteiger partial charge in [-0.25, -0.2) is 0 Å². The van der Waals surface area contributed by atoms with E-state index >= 15 is 0 Å². The van der Waals surface area contributed by atoms with Gasteiger partial charge >= 0.3 is 0 Å². The van der Waals surface area contributed by atoms with E-state index in [0.29, 0.717) is 17.7 Å². The molecule has 4 heteroatoms. The molecule has 0 aliphatic rings. The van der Waals surface area contributed by atoms with E-state index in [1.807, 2.05) is 37.4 Å². The number of benzene rings is 2. The highest BCUT2D eigenvalue weighted by atomic mass is 16.1. The largest absolute Gasteiger partial charge is 0.322 e. The molecule has 0 fully saturated rings. The zero-order valence-electron chi connectivity index (χ0n) is 11.2. The molecule has 100 valence electrons. The Morgan fingerprint density at radius 2 is 1.85 bits per heavy atom. The van der Waals surface area contributed by atoms with Crippen LogP contribution in [0.5, 0.6) is 0 Å². The van der Waals surface area contributed by atoms with Gasteiger partial charge in [-0.2, -0.15) is 5.26 Å². The Labute approximate surface area is 118 Å². The molecule has 0 saturated heterocycles. The highest BCUT2D eigenvalue weighted by molar-refractivity contribution is 6.04. The molecule has 20 heavy (non-hydrogen) atoms. The number of rotatable bonds is 4. The van der Waals surface area contributed by atoms with Crippen molar-refractivity contribution in [1.82, 2.24) is 5.32 Å². The van der Waals surface area contributed by atoms with E-state index in [0.717, 1.165) is 11.3 Å². The van der Waals surface area contributed by atoms with Crippen LogP contribution < -0.4 is 10.6 Å². The minimum Gasteiger partial charge on any atom is -0.322 e. The predicted molar refractivity (Wildman–Crippen MR) is 78.3 cm³/mol. The van der Waals surface area contributed by atoms with Crippen molar-refractivity contribution in [2.24, 2.45) is 0 Å². The molecule has 0 saturated carbocycles. The number of para-hydroxylation sites is 1. The molecule has 0 unspecified atom stereocenters. The lowest BCUT2D eigenvalue weighted by Gasteiger charge is -2.10. The van der Waals surface area contributed by atoms with Gasteiger partial charge in [-0.05, 0) is 42.9 Å². The minimum absolute atomic E-state index is 0.182. The van der Waals surface area contributed by atoms with Crippen LogP contribution in [0.1, 0.15) is 21.5 Å². The number of nitrogens with one attached hydrogen (secondary N) is 2. The predicted octanol–water partition coefficient (Wildman–Crippen LogP) is 2.53. The molecule has 0 aliphatic carbocycles. The lowest BCUT2D eigenvalue weighted by atomic mass is 10.1. The van der Waals surface area contributed by atoms with Crippen LogP contribution in [0.2, 0.25) is 0 Å². The highest BCUT2D eigenvalue weighted by Crippen LogP contribution is 2.16. The summed E-state index contributed by atoms with van der Waals surface area (Å²) in [5.41, 5.74) is 2.88. The van der Waals surface area contributed by atoms with Gasteiger partial charge in [0.1, 0.15) is 0 Å². The van der Waals surface area contributed by atoms with Crippen LogP contribution >= 0.6 is 0 Å². The van der Waals surface area contributed by atoms with Crippen molar-refractivity contribution in [3.05, 3.63) is 65.2 Å². The Morgan fingerprint density at radius 1 is 1.15 bits per heavy atom. The van der Waals surface area contributed by atoms with Crippen molar-refractivity contribution in [3.63, 3.8) is 0 Å².